The number of hydrogen-bond acceptors (Lipinski definition) is 3. The van der Waals surface area contributed by atoms with Gasteiger partial charge in [-0.3, -0.25) is 4.18 Å². The molecule has 3 aliphatic heterocycles. The molecule has 3 aliphatic rings. The van der Waals surface area contributed by atoms with Gasteiger partial charge in [-0.2, -0.15) is 0 Å². The highest BCUT2D eigenvalue weighted by atomic mass is 32.2. The lowest BCUT2D eigenvalue weighted by Crippen LogP contribution is -2.40. The summed E-state index contributed by atoms with van der Waals surface area (Å²) in [4.78, 5) is 0. The first-order valence-electron chi connectivity index (χ1n) is 4.31. The van der Waals surface area contributed by atoms with Crippen LogP contribution < -0.4 is 0 Å². The largest absolute Gasteiger partial charge is 0.365 e. The third-order valence-corrected chi connectivity index (χ3v) is 4.94. The van der Waals surface area contributed by atoms with E-state index >= 15 is 0 Å². The summed E-state index contributed by atoms with van der Waals surface area (Å²) in [5, 5.41) is 0.112. The molecule has 4 heteroatoms. The third-order valence-electron chi connectivity index (χ3n) is 3.42. The summed E-state index contributed by atoms with van der Waals surface area (Å²) in [6.45, 7) is 4.13. The van der Waals surface area contributed by atoms with Crippen LogP contribution in [0.5, 0.6) is 0 Å². The van der Waals surface area contributed by atoms with Crippen LogP contribution in [-0.2, 0) is 20.0 Å². The Morgan fingerprint density at radius 1 is 1.42 bits per heavy atom. The first kappa shape index (κ1) is 7.47. The van der Waals surface area contributed by atoms with Crippen molar-refractivity contribution in [1.29, 1.82) is 0 Å². The Hall–Kier alpha value is 0.0700. The Morgan fingerprint density at radius 3 is 2.67 bits per heavy atom. The van der Waals surface area contributed by atoms with Crippen molar-refractivity contribution < 1.29 is 13.1 Å². The quantitative estimate of drug-likeness (QED) is 0.563. The van der Waals surface area contributed by atoms with Crippen molar-refractivity contribution in [3.63, 3.8) is 0 Å². The molecule has 3 nitrogen and oxygen atoms in total. The second kappa shape index (κ2) is 1.79. The number of hydrogen-bond donors (Lipinski definition) is 0. The van der Waals surface area contributed by atoms with E-state index in [1.54, 1.807) is 0 Å². The number of fused-ring (bicyclic) bond motifs is 1. The summed E-state index contributed by atoms with van der Waals surface area (Å²) < 4.78 is 22.7. The average molecular weight is 188 g/mol. The van der Waals surface area contributed by atoms with E-state index in [0.717, 1.165) is 12.8 Å². The fourth-order valence-electron chi connectivity index (χ4n) is 2.80. The SMILES string of the molecule is CC12CC3OS(=O)C(C1)C3(C)O2. The van der Waals surface area contributed by atoms with Crippen molar-refractivity contribution in [2.75, 3.05) is 0 Å². The molecule has 5 atom stereocenters. The van der Waals surface area contributed by atoms with Crippen LogP contribution in [0.15, 0.2) is 0 Å². The molecule has 0 aromatic carbocycles. The highest BCUT2D eigenvalue weighted by molar-refractivity contribution is 7.81. The highest BCUT2D eigenvalue weighted by Crippen LogP contribution is 2.57. The van der Waals surface area contributed by atoms with Gasteiger partial charge in [0.15, 0.2) is 11.1 Å². The van der Waals surface area contributed by atoms with Gasteiger partial charge < -0.3 is 4.74 Å². The molecular weight excluding hydrogens is 176 g/mol. The molecule has 3 heterocycles. The van der Waals surface area contributed by atoms with Gasteiger partial charge in [-0.05, 0) is 20.3 Å². The maximum atomic E-state index is 11.4. The minimum Gasteiger partial charge on any atom is -0.365 e. The average Bonchev–Trinajstić information content (AvgIpc) is 2.35. The van der Waals surface area contributed by atoms with Crippen LogP contribution in [0.4, 0.5) is 0 Å². The first-order chi connectivity index (χ1) is 5.54. The molecule has 12 heavy (non-hydrogen) atoms. The minimum absolute atomic E-state index is 0.0593. The van der Waals surface area contributed by atoms with Crippen LogP contribution in [-0.4, -0.2) is 26.8 Å². The minimum atomic E-state index is -1.11. The van der Waals surface area contributed by atoms with Crippen molar-refractivity contribution in [3.8, 4) is 0 Å². The van der Waals surface area contributed by atoms with Crippen LogP contribution in [0.1, 0.15) is 26.7 Å². The zero-order valence-corrected chi connectivity index (χ0v) is 8.02. The van der Waals surface area contributed by atoms with Crippen molar-refractivity contribution in [3.05, 3.63) is 0 Å². The van der Waals surface area contributed by atoms with Gasteiger partial charge in [-0.15, -0.1) is 0 Å². The lowest BCUT2D eigenvalue weighted by molar-refractivity contribution is -0.0392. The summed E-state index contributed by atoms with van der Waals surface area (Å²) in [6, 6.07) is 0. The van der Waals surface area contributed by atoms with Crippen LogP contribution in [0.3, 0.4) is 0 Å². The van der Waals surface area contributed by atoms with E-state index < -0.39 is 11.1 Å². The molecule has 0 N–H and O–H groups in total. The molecule has 0 aromatic rings. The van der Waals surface area contributed by atoms with Gasteiger partial charge in [0, 0.05) is 6.42 Å². The Morgan fingerprint density at radius 2 is 2.17 bits per heavy atom. The summed E-state index contributed by atoms with van der Waals surface area (Å²) in [5.74, 6) is 0. The highest BCUT2D eigenvalue weighted by Gasteiger charge is 2.69. The zero-order valence-electron chi connectivity index (χ0n) is 7.20. The van der Waals surface area contributed by atoms with Gasteiger partial charge in [-0.25, -0.2) is 4.21 Å². The zero-order chi connectivity index (χ0) is 8.56. The molecule has 0 aromatic heterocycles. The Kier molecular flexibility index (Phi) is 1.11. The Labute approximate surface area is 74.1 Å². The molecule has 5 unspecified atom stereocenters. The number of ether oxygens (including phenoxy) is 1. The van der Waals surface area contributed by atoms with Crippen LogP contribution in [0.2, 0.25) is 0 Å². The lowest BCUT2D eigenvalue weighted by atomic mass is 9.81. The summed E-state index contributed by atoms with van der Waals surface area (Å²) in [6.07, 6.45) is 1.88. The standard InChI is InChI=1S/C8H12O3S/c1-7-3-5-8(2,11-7)6(4-7)12(9)10-5/h5-6H,3-4H2,1-2H3. The molecule has 0 saturated carbocycles. The fraction of sp³-hybridized carbons (Fsp3) is 1.00. The van der Waals surface area contributed by atoms with E-state index in [-0.39, 0.29) is 22.6 Å². The molecule has 2 bridgehead atoms. The molecule has 0 aliphatic carbocycles. The molecule has 0 radical (unpaired) electrons. The van der Waals surface area contributed by atoms with Crippen LogP contribution in [0.25, 0.3) is 0 Å². The third kappa shape index (κ3) is 0.637. The predicted molar refractivity (Wildman–Crippen MR) is 43.9 cm³/mol. The number of rotatable bonds is 0. The van der Waals surface area contributed by atoms with Crippen LogP contribution in [0, 0.1) is 0 Å². The Bertz CT molecular complexity index is 279. The second-order valence-electron chi connectivity index (χ2n) is 4.48. The van der Waals surface area contributed by atoms with E-state index in [0.29, 0.717) is 0 Å². The van der Waals surface area contributed by atoms with Gasteiger partial charge >= 0.3 is 0 Å². The topological polar surface area (TPSA) is 35.5 Å². The smallest absolute Gasteiger partial charge is 0.162 e. The summed E-state index contributed by atoms with van der Waals surface area (Å²) in [7, 11) is 0. The molecule has 0 amide bonds. The van der Waals surface area contributed by atoms with E-state index in [4.69, 9.17) is 8.92 Å². The maximum Gasteiger partial charge on any atom is 0.162 e. The van der Waals surface area contributed by atoms with Crippen molar-refractivity contribution in [2.45, 2.75) is 49.2 Å². The summed E-state index contributed by atoms with van der Waals surface area (Å²) >= 11 is -1.11. The van der Waals surface area contributed by atoms with Crippen molar-refractivity contribution in [2.24, 2.45) is 0 Å². The molecule has 3 fully saturated rings. The normalized spacial score (nSPS) is 67.7. The summed E-state index contributed by atoms with van der Waals surface area (Å²) in [5.41, 5.74) is -0.310. The van der Waals surface area contributed by atoms with Gasteiger partial charge in [-0.1, -0.05) is 0 Å². The van der Waals surface area contributed by atoms with Gasteiger partial charge in [0.25, 0.3) is 0 Å². The monoisotopic (exact) mass is 188 g/mol. The molecule has 68 valence electrons. The van der Waals surface area contributed by atoms with Gasteiger partial charge in [0.2, 0.25) is 0 Å². The first-order valence-corrected chi connectivity index (χ1v) is 5.45. The fourth-order valence-corrected chi connectivity index (χ4v) is 4.49. The van der Waals surface area contributed by atoms with Gasteiger partial charge in [0.1, 0.15) is 11.7 Å². The molecule has 0 spiro atoms. The van der Waals surface area contributed by atoms with Crippen molar-refractivity contribution in [1.82, 2.24) is 0 Å². The Balaban J connectivity index is 2.13. The van der Waals surface area contributed by atoms with Crippen molar-refractivity contribution >= 4 is 11.1 Å². The molecule has 3 rings (SSSR count). The van der Waals surface area contributed by atoms with E-state index in [2.05, 4.69) is 6.92 Å². The van der Waals surface area contributed by atoms with Crippen LogP contribution >= 0.6 is 0 Å². The predicted octanol–water partition coefficient (Wildman–Crippen LogP) is 0.759. The van der Waals surface area contributed by atoms with E-state index in [9.17, 15) is 4.21 Å². The van der Waals surface area contributed by atoms with Gasteiger partial charge in [0.05, 0.1) is 10.9 Å². The maximum absolute atomic E-state index is 11.4. The lowest BCUT2D eigenvalue weighted by Gasteiger charge is -2.21. The molecular formula is C8H12O3S. The van der Waals surface area contributed by atoms with E-state index in [1.807, 2.05) is 6.92 Å². The molecule has 3 saturated heterocycles. The second-order valence-corrected chi connectivity index (χ2v) is 5.76. The van der Waals surface area contributed by atoms with E-state index in [1.165, 1.54) is 0 Å².